The molecule has 1 rings (SSSR count). The molecule has 0 N–H and O–H groups in total. The van der Waals surface area contributed by atoms with E-state index in [0.29, 0.717) is 0 Å². The fourth-order valence-corrected chi connectivity index (χ4v) is 1.58. The second kappa shape index (κ2) is 3.77. The minimum atomic E-state index is 0.0223. The first-order valence-corrected chi connectivity index (χ1v) is 4.31. The molecule has 1 atom stereocenters. The van der Waals surface area contributed by atoms with Crippen molar-refractivity contribution in [3.63, 3.8) is 0 Å². The fraction of sp³-hybridized carbons (Fsp3) is 0.625. The number of likely N-dealkylation sites (tertiary alicyclic amines) is 1. The van der Waals surface area contributed by atoms with Gasteiger partial charge < -0.3 is 4.90 Å². The van der Waals surface area contributed by atoms with Crippen LogP contribution in [0.2, 0.25) is 0 Å². The zero-order valence-corrected chi connectivity index (χ0v) is 7.18. The van der Waals surface area contributed by atoms with E-state index < -0.39 is 0 Å². The summed E-state index contributed by atoms with van der Waals surface area (Å²) in [6.07, 6.45) is 3.92. The predicted octanol–water partition coefficient (Wildman–Crippen LogP) is 1.40. The maximum Gasteiger partial charge on any atom is 0.237 e. The van der Waals surface area contributed by atoms with E-state index in [0.717, 1.165) is 19.4 Å². The van der Waals surface area contributed by atoms with Crippen molar-refractivity contribution in [2.75, 3.05) is 12.4 Å². The van der Waals surface area contributed by atoms with Gasteiger partial charge in [-0.1, -0.05) is 6.08 Å². The number of carbonyl (C=O) groups is 1. The van der Waals surface area contributed by atoms with Crippen LogP contribution in [0.3, 0.4) is 0 Å². The molecule has 0 aromatic rings. The lowest BCUT2D eigenvalue weighted by molar-refractivity contribution is -0.128. The van der Waals surface area contributed by atoms with Crippen LogP contribution < -0.4 is 0 Å². The highest BCUT2D eigenvalue weighted by molar-refractivity contribution is 6.27. The van der Waals surface area contributed by atoms with Crippen LogP contribution in [-0.2, 0) is 4.79 Å². The Morgan fingerprint density at radius 2 is 2.55 bits per heavy atom. The Kier molecular flexibility index (Phi) is 2.94. The van der Waals surface area contributed by atoms with Crippen molar-refractivity contribution in [2.45, 2.75) is 18.9 Å². The van der Waals surface area contributed by atoms with Crippen molar-refractivity contribution < 1.29 is 4.79 Å². The second-order valence-corrected chi connectivity index (χ2v) is 2.93. The maximum absolute atomic E-state index is 11.1. The molecule has 11 heavy (non-hydrogen) atoms. The summed E-state index contributed by atoms with van der Waals surface area (Å²) in [5, 5.41) is 0. The summed E-state index contributed by atoms with van der Waals surface area (Å²) in [5.74, 6) is 0.110. The first-order chi connectivity index (χ1) is 5.29. The average molecular weight is 174 g/mol. The van der Waals surface area contributed by atoms with E-state index in [4.69, 9.17) is 11.6 Å². The molecule has 0 aromatic heterocycles. The van der Waals surface area contributed by atoms with E-state index in [2.05, 4.69) is 6.58 Å². The molecule has 0 spiro atoms. The molecular weight excluding hydrogens is 162 g/mol. The molecule has 62 valence electrons. The van der Waals surface area contributed by atoms with Crippen LogP contribution in [0.5, 0.6) is 0 Å². The van der Waals surface area contributed by atoms with Gasteiger partial charge in [-0.3, -0.25) is 4.79 Å². The highest BCUT2D eigenvalue weighted by Crippen LogP contribution is 2.17. The van der Waals surface area contributed by atoms with Crippen LogP contribution in [0, 0.1) is 0 Å². The SMILES string of the molecule is C=C[C@H]1CCCN1C(=O)CCl. The number of nitrogens with zero attached hydrogens (tertiary/aromatic N) is 1. The van der Waals surface area contributed by atoms with Crippen molar-refractivity contribution in [3.05, 3.63) is 12.7 Å². The maximum atomic E-state index is 11.1. The van der Waals surface area contributed by atoms with Crippen LogP contribution in [0.1, 0.15) is 12.8 Å². The van der Waals surface area contributed by atoms with E-state index in [-0.39, 0.29) is 17.8 Å². The van der Waals surface area contributed by atoms with E-state index in [9.17, 15) is 4.79 Å². The minimum absolute atomic E-state index is 0.0223. The lowest BCUT2D eigenvalue weighted by atomic mass is 10.2. The Balaban J connectivity index is 2.56. The Labute approximate surface area is 71.8 Å². The third-order valence-electron chi connectivity index (χ3n) is 2.01. The molecule has 0 bridgehead atoms. The highest BCUT2D eigenvalue weighted by atomic mass is 35.5. The number of hydrogen-bond donors (Lipinski definition) is 0. The quantitative estimate of drug-likeness (QED) is 0.457. The number of rotatable bonds is 2. The largest absolute Gasteiger partial charge is 0.335 e. The zero-order valence-electron chi connectivity index (χ0n) is 6.42. The minimum Gasteiger partial charge on any atom is -0.335 e. The summed E-state index contributed by atoms with van der Waals surface area (Å²) in [5.41, 5.74) is 0. The van der Waals surface area contributed by atoms with E-state index in [1.165, 1.54) is 0 Å². The number of halogens is 1. The molecule has 1 heterocycles. The monoisotopic (exact) mass is 173 g/mol. The van der Waals surface area contributed by atoms with Gasteiger partial charge >= 0.3 is 0 Å². The third-order valence-corrected chi connectivity index (χ3v) is 2.23. The van der Waals surface area contributed by atoms with Gasteiger partial charge in [0, 0.05) is 12.6 Å². The molecule has 0 unspecified atom stereocenters. The smallest absolute Gasteiger partial charge is 0.237 e. The van der Waals surface area contributed by atoms with Gasteiger partial charge in [0.15, 0.2) is 0 Å². The molecule has 2 nitrogen and oxygen atoms in total. The van der Waals surface area contributed by atoms with E-state index in [1.807, 2.05) is 6.08 Å². The summed E-state index contributed by atoms with van der Waals surface area (Å²) >= 11 is 5.43. The molecule has 0 saturated carbocycles. The Morgan fingerprint density at radius 3 is 3.09 bits per heavy atom. The number of amides is 1. The Bertz CT molecular complexity index is 169. The normalized spacial score (nSPS) is 23.7. The first-order valence-electron chi connectivity index (χ1n) is 3.77. The van der Waals surface area contributed by atoms with E-state index in [1.54, 1.807) is 4.90 Å². The average Bonchev–Trinajstić information content (AvgIpc) is 2.50. The van der Waals surface area contributed by atoms with Crippen molar-refractivity contribution >= 4 is 17.5 Å². The molecule has 1 fully saturated rings. The lowest BCUT2D eigenvalue weighted by Crippen LogP contribution is -2.34. The summed E-state index contributed by atoms with van der Waals surface area (Å²) in [6, 6.07) is 0.223. The van der Waals surface area contributed by atoms with Gasteiger partial charge in [-0.2, -0.15) is 0 Å². The molecule has 1 saturated heterocycles. The van der Waals surface area contributed by atoms with Crippen LogP contribution in [0.15, 0.2) is 12.7 Å². The molecule has 0 aromatic carbocycles. The molecular formula is C8H12ClNO. The van der Waals surface area contributed by atoms with Gasteiger partial charge in [0.2, 0.25) is 5.91 Å². The Morgan fingerprint density at radius 1 is 1.82 bits per heavy atom. The zero-order chi connectivity index (χ0) is 8.27. The number of alkyl halides is 1. The van der Waals surface area contributed by atoms with Crippen molar-refractivity contribution in [1.29, 1.82) is 0 Å². The third kappa shape index (κ3) is 1.74. The topological polar surface area (TPSA) is 20.3 Å². The molecule has 1 amide bonds. The van der Waals surface area contributed by atoms with Crippen LogP contribution in [0.4, 0.5) is 0 Å². The van der Waals surface area contributed by atoms with Crippen molar-refractivity contribution in [2.24, 2.45) is 0 Å². The molecule has 1 aliphatic heterocycles. The second-order valence-electron chi connectivity index (χ2n) is 2.67. The van der Waals surface area contributed by atoms with Crippen LogP contribution in [0.25, 0.3) is 0 Å². The fourth-order valence-electron chi connectivity index (χ4n) is 1.42. The van der Waals surface area contributed by atoms with Gasteiger partial charge in [0.05, 0.1) is 0 Å². The Hall–Kier alpha value is -0.500. The summed E-state index contributed by atoms with van der Waals surface area (Å²) in [6.45, 7) is 4.51. The van der Waals surface area contributed by atoms with Crippen LogP contribution in [-0.4, -0.2) is 29.3 Å². The first kappa shape index (κ1) is 8.60. The molecule has 0 radical (unpaired) electrons. The molecule has 3 heteroatoms. The standard InChI is InChI=1S/C8H12ClNO/c1-2-7-4-3-5-10(7)8(11)6-9/h2,7H,1,3-6H2/t7-/m0/s1. The van der Waals surface area contributed by atoms with Crippen LogP contribution >= 0.6 is 11.6 Å². The van der Waals surface area contributed by atoms with Gasteiger partial charge in [0.1, 0.15) is 5.88 Å². The van der Waals surface area contributed by atoms with Gasteiger partial charge in [0.25, 0.3) is 0 Å². The van der Waals surface area contributed by atoms with Crippen molar-refractivity contribution in [1.82, 2.24) is 4.90 Å². The highest BCUT2D eigenvalue weighted by Gasteiger charge is 2.25. The van der Waals surface area contributed by atoms with Gasteiger partial charge in [-0.05, 0) is 12.8 Å². The predicted molar refractivity (Wildman–Crippen MR) is 45.7 cm³/mol. The summed E-state index contributed by atoms with van der Waals surface area (Å²) in [4.78, 5) is 12.9. The molecule has 1 aliphatic rings. The number of hydrogen-bond acceptors (Lipinski definition) is 1. The van der Waals surface area contributed by atoms with Crippen molar-refractivity contribution in [3.8, 4) is 0 Å². The van der Waals surface area contributed by atoms with E-state index >= 15 is 0 Å². The summed E-state index contributed by atoms with van der Waals surface area (Å²) in [7, 11) is 0. The molecule has 0 aliphatic carbocycles. The van der Waals surface area contributed by atoms with Gasteiger partial charge in [-0.25, -0.2) is 0 Å². The lowest BCUT2D eigenvalue weighted by Gasteiger charge is -2.20. The number of carbonyl (C=O) groups excluding carboxylic acids is 1. The summed E-state index contributed by atoms with van der Waals surface area (Å²) < 4.78 is 0. The van der Waals surface area contributed by atoms with Gasteiger partial charge in [-0.15, -0.1) is 18.2 Å².